The molecule has 0 saturated heterocycles. The van der Waals surface area contributed by atoms with Crippen molar-refractivity contribution in [3.05, 3.63) is 58.5 Å². The van der Waals surface area contributed by atoms with E-state index in [9.17, 15) is 9.90 Å². The second-order valence-electron chi connectivity index (χ2n) is 6.05. The van der Waals surface area contributed by atoms with E-state index in [1.54, 1.807) is 25.3 Å². The first kappa shape index (κ1) is 18.8. The Morgan fingerprint density at radius 3 is 2.80 bits per heavy atom. The standard InChI is InChI=1S/C20H24O5/c1-13(2)17(21)7-5-14(3)9-10-24-18-11-15(23-4)12-19-16(18)6-8-20(22)25-19/h6,8-9,11-12,17,21H,1,5,7,10H2,2-4H3. The zero-order valence-corrected chi connectivity index (χ0v) is 14.9. The molecule has 0 radical (unpaired) electrons. The second kappa shape index (κ2) is 8.53. The number of hydrogen-bond acceptors (Lipinski definition) is 5. The highest BCUT2D eigenvalue weighted by Crippen LogP contribution is 2.30. The largest absolute Gasteiger partial charge is 0.496 e. The van der Waals surface area contributed by atoms with Crippen molar-refractivity contribution in [2.45, 2.75) is 32.8 Å². The van der Waals surface area contributed by atoms with Crippen LogP contribution in [0.2, 0.25) is 0 Å². The van der Waals surface area contributed by atoms with Crippen molar-refractivity contribution in [1.29, 1.82) is 0 Å². The Kier molecular flexibility index (Phi) is 6.42. The number of aliphatic hydroxyl groups is 1. The second-order valence-corrected chi connectivity index (χ2v) is 6.05. The van der Waals surface area contributed by atoms with E-state index in [4.69, 9.17) is 13.9 Å². The molecule has 5 nitrogen and oxygen atoms in total. The van der Waals surface area contributed by atoms with Crippen molar-refractivity contribution in [3.63, 3.8) is 0 Å². The van der Waals surface area contributed by atoms with Gasteiger partial charge in [0, 0.05) is 18.2 Å². The van der Waals surface area contributed by atoms with E-state index in [0.29, 0.717) is 35.5 Å². The van der Waals surface area contributed by atoms with Gasteiger partial charge < -0.3 is 19.0 Å². The van der Waals surface area contributed by atoms with Crippen LogP contribution in [0.3, 0.4) is 0 Å². The van der Waals surface area contributed by atoms with Crippen LogP contribution in [-0.4, -0.2) is 24.9 Å². The molecule has 0 aliphatic heterocycles. The van der Waals surface area contributed by atoms with Crippen molar-refractivity contribution >= 4 is 11.0 Å². The van der Waals surface area contributed by atoms with Crippen LogP contribution in [0.1, 0.15) is 26.7 Å². The Balaban J connectivity index is 2.08. The Morgan fingerprint density at radius 1 is 1.36 bits per heavy atom. The third-order valence-electron chi connectivity index (χ3n) is 3.96. The van der Waals surface area contributed by atoms with Gasteiger partial charge in [-0.2, -0.15) is 0 Å². The van der Waals surface area contributed by atoms with Crippen LogP contribution < -0.4 is 15.1 Å². The molecule has 1 atom stereocenters. The number of methoxy groups -OCH3 is 1. The van der Waals surface area contributed by atoms with Crippen LogP contribution >= 0.6 is 0 Å². The molecule has 0 spiro atoms. The van der Waals surface area contributed by atoms with Gasteiger partial charge in [0.1, 0.15) is 23.7 Å². The van der Waals surface area contributed by atoms with E-state index in [1.807, 2.05) is 19.9 Å². The number of benzene rings is 1. The third kappa shape index (κ3) is 5.22. The molecule has 1 unspecified atom stereocenters. The number of aliphatic hydroxyl groups excluding tert-OH is 1. The smallest absolute Gasteiger partial charge is 0.336 e. The summed E-state index contributed by atoms with van der Waals surface area (Å²) in [5, 5.41) is 10.5. The van der Waals surface area contributed by atoms with Crippen molar-refractivity contribution < 1.29 is 19.0 Å². The lowest BCUT2D eigenvalue weighted by atomic mass is 10.0. The van der Waals surface area contributed by atoms with Gasteiger partial charge in [-0.05, 0) is 38.8 Å². The lowest BCUT2D eigenvalue weighted by Crippen LogP contribution is -2.07. The molecule has 2 aromatic rings. The highest BCUT2D eigenvalue weighted by Gasteiger charge is 2.08. The van der Waals surface area contributed by atoms with Crippen LogP contribution in [0, 0.1) is 0 Å². The summed E-state index contributed by atoms with van der Waals surface area (Å²) < 4.78 is 16.2. The molecule has 0 saturated carbocycles. The molecule has 0 bridgehead atoms. The van der Waals surface area contributed by atoms with E-state index in [-0.39, 0.29) is 0 Å². The molecule has 0 amide bonds. The summed E-state index contributed by atoms with van der Waals surface area (Å²) in [7, 11) is 1.54. The highest BCUT2D eigenvalue weighted by atomic mass is 16.5. The summed E-state index contributed by atoms with van der Waals surface area (Å²) in [6.07, 6.45) is 2.90. The van der Waals surface area contributed by atoms with Gasteiger partial charge in [0.2, 0.25) is 0 Å². The molecule has 5 heteroatoms. The fraction of sp³-hybridized carbons (Fsp3) is 0.350. The highest BCUT2D eigenvalue weighted by molar-refractivity contribution is 5.85. The van der Waals surface area contributed by atoms with E-state index >= 15 is 0 Å². The van der Waals surface area contributed by atoms with Gasteiger partial charge in [-0.15, -0.1) is 0 Å². The molecule has 1 heterocycles. The average Bonchev–Trinajstić information content (AvgIpc) is 2.58. The fourth-order valence-electron chi connectivity index (χ4n) is 2.34. The zero-order chi connectivity index (χ0) is 18.4. The molecule has 2 rings (SSSR count). The summed E-state index contributed by atoms with van der Waals surface area (Å²) >= 11 is 0. The normalized spacial score (nSPS) is 12.9. The quantitative estimate of drug-likeness (QED) is 0.582. The lowest BCUT2D eigenvalue weighted by Gasteiger charge is -2.11. The van der Waals surface area contributed by atoms with Gasteiger partial charge >= 0.3 is 5.63 Å². The topological polar surface area (TPSA) is 68.9 Å². The maximum absolute atomic E-state index is 11.4. The minimum atomic E-state index is -0.477. The first-order valence-electron chi connectivity index (χ1n) is 8.14. The third-order valence-corrected chi connectivity index (χ3v) is 3.96. The first-order valence-corrected chi connectivity index (χ1v) is 8.14. The monoisotopic (exact) mass is 344 g/mol. The summed E-state index contributed by atoms with van der Waals surface area (Å²) in [4.78, 5) is 11.4. The van der Waals surface area contributed by atoms with Gasteiger partial charge in [0.05, 0.1) is 18.6 Å². The molecule has 0 aliphatic rings. The molecule has 0 aliphatic carbocycles. The van der Waals surface area contributed by atoms with Crippen molar-refractivity contribution in [2.75, 3.05) is 13.7 Å². The van der Waals surface area contributed by atoms with Gasteiger partial charge in [-0.3, -0.25) is 0 Å². The number of allylic oxidation sites excluding steroid dienone is 1. The lowest BCUT2D eigenvalue weighted by molar-refractivity contribution is 0.201. The fourth-order valence-corrected chi connectivity index (χ4v) is 2.34. The van der Waals surface area contributed by atoms with Crippen LogP contribution in [0.5, 0.6) is 11.5 Å². The van der Waals surface area contributed by atoms with Gasteiger partial charge in [-0.25, -0.2) is 4.79 Å². The van der Waals surface area contributed by atoms with E-state index < -0.39 is 11.7 Å². The summed E-state index contributed by atoms with van der Waals surface area (Å²) in [5.74, 6) is 1.14. The van der Waals surface area contributed by atoms with Gasteiger partial charge in [0.15, 0.2) is 0 Å². The van der Waals surface area contributed by atoms with E-state index in [0.717, 1.165) is 17.6 Å². The van der Waals surface area contributed by atoms with Gasteiger partial charge in [-0.1, -0.05) is 17.7 Å². The number of ether oxygens (including phenoxy) is 2. The SMILES string of the molecule is C=C(C)C(O)CCC(C)=CCOc1cc(OC)cc2oc(=O)ccc12. The van der Waals surface area contributed by atoms with Crippen LogP contribution in [0.4, 0.5) is 0 Å². The number of fused-ring (bicyclic) bond motifs is 1. The molecule has 0 fully saturated rings. The number of rotatable bonds is 8. The minimum Gasteiger partial charge on any atom is -0.496 e. The Bertz CT molecular complexity index is 832. The van der Waals surface area contributed by atoms with Crippen molar-refractivity contribution in [1.82, 2.24) is 0 Å². The summed E-state index contributed by atoms with van der Waals surface area (Å²) in [6.45, 7) is 7.94. The molecule has 134 valence electrons. The Labute approximate surface area is 147 Å². The Morgan fingerprint density at radius 2 is 2.12 bits per heavy atom. The average molecular weight is 344 g/mol. The summed E-state index contributed by atoms with van der Waals surface area (Å²) in [5.41, 5.74) is 1.90. The molecule has 1 N–H and O–H groups in total. The zero-order valence-electron chi connectivity index (χ0n) is 14.9. The van der Waals surface area contributed by atoms with Crippen molar-refractivity contribution in [3.8, 4) is 11.5 Å². The summed E-state index contributed by atoms with van der Waals surface area (Å²) in [6, 6.07) is 6.46. The first-order chi connectivity index (χ1) is 11.9. The maximum atomic E-state index is 11.4. The van der Waals surface area contributed by atoms with E-state index in [2.05, 4.69) is 6.58 Å². The van der Waals surface area contributed by atoms with Crippen LogP contribution in [0.15, 0.2) is 57.3 Å². The number of hydrogen-bond donors (Lipinski definition) is 1. The molecule has 25 heavy (non-hydrogen) atoms. The van der Waals surface area contributed by atoms with Gasteiger partial charge in [0.25, 0.3) is 0 Å². The predicted molar refractivity (Wildman–Crippen MR) is 98.3 cm³/mol. The predicted octanol–water partition coefficient (Wildman–Crippen LogP) is 3.84. The van der Waals surface area contributed by atoms with Crippen LogP contribution in [-0.2, 0) is 0 Å². The van der Waals surface area contributed by atoms with E-state index in [1.165, 1.54) is 6.07 Å². The molecular weight excluding hydrogens is 320 g/mol. The van der Waals surface area contributed by atoms with Crippen molar-refractivity contribution in [2.24, 2.45) is 0 Å². The minimum absolute atomic E-state index is 0.371. The molecular formula is C20H24O5. The maximum Gasteiger partial charge on any atom is 0.336 e. The molecule has 1 aromatic carbocycles. The Hall–Kier alpha value is -2.53. The van der Waals surface area contributed by atoms with Crippen LogP contribution in [0.25, 0.3) is 11.0 Å². The molecule has 1 aromatic heterocycles.